The van der Waals surface area contributed by atoms with Crippen molar-refractivity contribution >= 4 is 22.8 Å². The van der Waals surface area contributed by atoms with Crippen LogP contribution in [0.5, 0.6) is 0 Å². The first-order chi connectivity index (χ1) is 12.1. The van der Waals surface area contributed by atoms with Crippen LogP contribution in [-0.2, 0) is 0 Å². The molecule has 0 spiro atoms. The lowest BCUT2D eigenvalue weighted by atomic mass is 10.0. The second-order valence-electron chi connectivity index (χ2n) is 6.21. The highest BCUT2D eigenvalue weighted by Gasteiger charge is 2.23. The number of aromatic amines is 1. The van der Waals surface area contributed by atoms with Crippen molar-refractivity contribution in [2.24, 2.45) is 0 Å². The number of benzene rings is 1. The first-order valence-corrected chi connectivity index (χ1v) is 8.13. The normalized spacial score (nSPS) is 13.3. The molecule has 25 heavy (non-hydrogen) atoms. The standard InChI is InChI=1S/C19H17N5O/c1-11-2-3-13(19(25)24-15-6-7-15)8-12(11)4-5-14-9-21-18-16(14)17(20)22-10-23-18/h2-3,8-10,15H,6-7H2,1H3,(H,24,25)(H3,20,21,22,23). The fraction of sp³-hybridized carbons (Fsp3) is 0.211. The SMILES string of the molecule is Cc1ccc(C(=O)NC2CC2)cc1C#Cc1c[nH]c2ncnc(N)c12. The smallest absolute Gasteiger partial charge is 0.251 e. The molecule has 1 aliphatic carbocycles. The Balaban J connectivity index is 1.68. The Bertz CT molecular complexity index is 1040. The molecule has 124 valence electrons. The number of H-pyrrole nitrogens is 1. The van der Waals surface area contributed by atoms with E-state index in [9.17, 15) is 4.79 Å². The number of amides is 1. The number of carbonyl (C=O) groups excluding carboxylic acids is 1. The molecule has 4 N–H and O–H groups in total. The van der Waals surface area contributed by atoms with Crippen LogP contribution >= 0.6 is 0 Å². The average molecular weight is 331 g/mol. The van der Waals surface area contributed by atoms with Crippen LogP contribution in [0.2, 0.25) is 0 Å². The zero-order chi connectivity index (χ0) is 17.4. The van der Waals surface area contributed by atoms with E-state index in [-0.39, 0.29) is 5.91 Å². The lowest BCUT2D eigenvalue weighted by molar-refractivity contribution is 0.0951. The van der Waals surface area contributed by atoms with Gasteiger partial charge in [-0.05, 0) is 37.5 Å². The zero-order valence-electron chi connectivity index (χ0n) is 13.8. The van der Waals surface area contributed by atoms with Gasteiger partial charge in [0.15, 0.2) is 0 Å². The molecule has 1 aliphatic rings. The maximum absolute atomic E-state index is 12.2. The number of anilines is 1. The molecule has 1 fully saturated rings. The van der Waals surface area contributed by atoms with Gasteiger partial charge in [-0.15, -0.1) is 0 Å². The number of nitrogen functional groups attached to an aromatic ring is 1. The molecule has 0 atom stereocenters. The van der Waals surface area contributed by atoms with Gasteiger partial charge in [-0.2, -0.15) is 0 Å². The molecule has 0 radical (unpaired) electrons. The Morgan fingerprint density at radius 3 is 2.88 bits per heavy atom. The van der Waals surface area contributed by atoms with Crippen LogP contribution in [0.1, 0.15) is 39.9 Å². The van der Waals surface area contributed by atoms with Crippen molar-refractivity contribution in [3.63, 3.8) is 0 Å². The van der Waals surface area contributed by atoms with Crippen molar-refractivity contribution in [2.75, 3.05) is 5.73 Å². The van der Waals surface area contributed by atoms with Crippen LogP contribution in [0.25, 0.3) is 11.0 Å². The number of nitrogens with zero attached hydrogens (tertiary/aromatic N) is 2. The molecular weight excluding hydrogens is 314 g/mol. The summed E-state index contributed by atoms with van der Waals surface area (Å²) in [7, 11) is 0. The molecule has 6 nitrogen and oxygen atoms in total. The number of fused-ring (bicyclic) bond motifs is 1. The Hall–Kier alpha value is -3.33. The number of hydrogen-bond acceptors (Lipinski definition) is 4. The number of nitrogens with two attached hydrogens (primary N) is 1. The topological polar surface area (TPSA) is 96.7 Å². The van der Waals surface area contributed by atoms with Gasteiger partial charge in [0.2, 0.25) is 0 Å². The number of nitrogens with one attached hydrogen (secondary N) is 2. The molecule has 3 aromatic rings. The highest BCUT2D eigenvalue weighted by molar-refractivity contribution is 5.95. The van der Waals surface area contributed by atoms with E-state index in [1.54, 1.807) is 6.20 Å². The van der Waals surface area contributed by atoms with Crippen molar-refractivity contribution in [1.29, 1.82) is 0 Å². The molecule has 0 unspecified atom stereocenters. The Kier molecular flexibility index (Phi) is 3.62. The van der Waals surface area contributed by atoms with Gasteiger partial charge in [0.25, 0.3) is 5.91 Å². The van der Waals surface area contributed by atoms with Crippen LogP contribution in [-0.4, -0.2) is 26.9 Å². The van der Waals surface area contributed by atoms with Crippen molar-refractivity contribution in [1.82, 2.24) is 20.3 Å². The van der Waals surface area contributed by atoms with E-state index in [0.29, 0.717) is 23.1 Å². The van der Waals surface area contributed by atoms with Crippen molar-refractivity contribution in [3.8, 4) is 11.8 Å². The van der Waals surface area contributed by atoms with Gasteiger partial charge >= 0.3 is 0 Å². The number of aryl methyl sites for hydroxylation is 1. The Labute approximate surface area is 144 Å². The molecule has 6 heteroatoms. The van der Waals surface area contributed by atoms with E-state index in [1.807, 2.05) is 25.1 Å². The third-order valence-electron chi connectivity index (χ3n) is 4.24. The molecule has 4 rings (SSSR count). The van der Waals surface area contributed by atoms with E-state index >= 15 is 0 Å². The molecule has 2 aromatic heterocycles. The van der Waals surface area contributed by atoms with Gasteiger partial charge in [-0.3, -0.25) is 4.79 Å². The average Bonchev–Trinajstić information content (AvgIpc) is 3.31. The first-order valence-electron chi connectivity index (χ1n) is 8.13. The first kappa shape index (κ1) is 15.2. The maximum Gasteiger partial charge on any atom is 0.251 e. The van der Waals surface area contributed by atoms with Crippen LogP contribution in [0, 0.1) is 18.8 Å². The van der Waals surface area contributed by atoms with E-state index < -0.39 is 0 Å². The van der Waals surface area contributed by atoms with Gasteiger partial charge in [0, 0.05) is 23.4 Å². The van der Waals surface area contributed by atoms with Gasteiger partial charge in [0.1, 0.15) is 17.8 Å². The Morgan fingerprint density at radius 2 is 2.08 bits per heavy atom. The Morgan fingerprint density at radius 1 is 1.28 bits per heavy atom. The summed E-state index contributed by atoms with van der Waals surface area (Å²) in [6.07, 6.45) is 5.31. The minimum Gasteiger partial charge on any atom is -0.383 e. The maximum atomic E-state index is 12.2. The molecule has 0 aliphatic heterocycles. The zero-order valence-corrected chi connectivity index (χ0v) is 13.8. The summed E-state index contributed by atoms with van der Waals surface area (Å²) in [5, 5.41) is 3.71. The van der Waals surface area contributed by atoms with Gasteiger partial charge in [-0.1, -0.05) is 17.9 Å². The predicted octanol–water partition coefficient (Wildman–Crippen LogP) is 2.14. The summed E-state index contributed by atoms with van der Waals surface area (Å²) < 4.78 is 0. The van der Waals surface area contributed by atoms with Crippen LogP contribution in [0.4, 0.5) is 5.82 Å². The number of aromatic nitrogens is 3. The second kappa shape index (κ2) is 5.95. The fourth-order valence-corrected chi connectivity index (χ4v) is 2.61. The summed E-state index contributed by atoms with van der Waals surface area (Å²) in [4.78, 5) is 23.4. The highest BCUT2D eigenvalue weighted by Crippen LogP contribution is 2.21. The molecule has 0 saturated heterocycles. The summed E-state index contributed by atoms with van der Waals surface area (Å²) in [6.45, 7) is 1.97. The minimum atomic E-state index is -0.0460. The lowest BCUT2D eigenvalue weighted by Crippen LogP contribution is -2.25. The fourth-order valence-electron chi connectivity index (χ4n) is 2.61. The molecule has 1 aromatic carbocycles. The second-order valence-corrected chi connectivity index (χ2v) is 6.21. The highest BCUT2D eigenvalue weighted by atomic mass is 16.1. The number of rotatable bonds is 2. The van der Waals surface area contributed by atoms with E-state index in [1.165, 1.54) is 6.33 Å². The molecule has 0 bridgehead atoms. The lowest BCUT2D eigenvalue weighted by Gasteiger charge is -2.05. The van der Waals surface area contributed by atoms with Crippen molar-refractivity contribution in [3.05, 3.63) is 53.0 Å². The van der Waals surface area contributed by atoms with E-state index in [0.717, 1.165) is 34.9 Å². The quantitative estimate of drug-likeness (QED) is 0.627. The van der Waals surface area contributed by atoms with Crippen LogP contribution in [0.15, 0.2) is 30.7 Å². The van der Waals surface area contributed by atoms with E-state index in [4.69, 9.17) is 5.73 Å². The molecular formula is C19H17N5O. The summed E-state index contributed by atoms with van der Waals surface area (Å²) in [6, 6.07) is 5.90. The van der Waals surface area contributed by atoms with E-state index in [2.05, 4.69) is 32.1 Å². The summed E-state index contributed by atoms with van der Waals surface area (Å²) >= 11 is 0. The van der Waals surface area contributed by atoms with Crippen LogP contribution in [0.3, 0.4) is 0 Å². The summed E-state index contributed by atoms with van der Waals surface area (Å²) in [5.41, 5.74) is 9.77. The predicted molar refractivity (Wildman–Crippen MR) is 95.9 cm³/mol. The molecule has 1 saturated carbocycles. The number of carbonyl (C=O) groups is 1. The molecule has 1 amide bonds. The monoisotopic (exact) mass is 331 g/mol. The largest absolute Gasteiger partial charge is 0.383 e. The summed E-state index contributed by atoms with van der Waals surface area (Å²) in [5.74, 6) is 6.60. The third kappa shape index (κ3) is 3.04. The third-order valence-corrected chi connectivity index (χ3v) is 4.24. The number of hydrogen-bond donors (Lipinski definition) is 3. The van der Waals surface area contributed by atoms with Crippen LogP contribution < -0.4 is 11.1 Å². The van der Waals surface area contributed by atoms with Gasteiger partial charge < -0.3 is 16.0 Å². The molecule has 2 heterocycles. The van der Waals surface area contributed by atoms with Gasteiger partial charge in [-0.25, -0.2) is 9.97 Å². The van der Waals surface area contributed by atoms with Crippen molar-refractivity contribution < 1.29 is 4.79 Å². The van der Waals surface area contributed by atoms with Gasteiger partial charge in [0.05, 0.1) is 10.9 Å². The van der Waals surface area contributed by atoms with Crippen molar-refractivity contribution in [2.45, 2.75) is 25.8 Å². The minimum absolute atomic E-state index is 0.0460.